The van der Waals surface area contributed by atoms with Gasteiger partial charge < -0.3 is 14.6 Å². The summed E-state index contributed by atoms with van der Waals surface area (Å²) >= 11 is 0. The van der Waals surface area contributed by atoms with Gasteiger partial charge in [-0.25, -0.2) is 9.59 Å². The average molecular weight is 329 g/mol. The van der Waals surface area contributed by atoms with Gasteiger partial charge in [0, 0.05) is 0 Å². The number of carbonyl (C=O) groups excluding carboxylic acids is 1. The van der Waals surface area contributed by atoms with Crippen molar-refractivity contribution in [2.24, 2.45) is 0 Å². The summed E-state index contributed by atoms with van der Waals surface area (Å²) in [5, 5.41) is 11.8. The summed E-state index contributed by atoms with van der Waals surface area (Å²) in [4.78, 5) is 23.3. The third kappa shape index (κ3) is 4.74. The zero-order chi connectivity index (χ0) is 17.5. The number of carbonyl (C=O) groups is 2. The quantitative estimate of drug-likeness (QED) is 0.839. The van der Waals surface area contributed by atoms with Gasteiger partial charge in [0.25, 0.3) is 0 Å². The molecule has 1 amide bonds. The molecule has 2 N–H and O–H groups in total. The third-order valence-corrected chi connectivity index (χ3v) is 3.05. The van der Waals surface area contributed by atoms with Crippen molar-refractivity contribution in [3.8, 4) is 5.75 Å². The Morgan fingerprint density at radius 1 is 1.08 bits per heavy atom. The molecule has 0 spiro atoms. The Morgan fingerprint density at radius 3 is 2.42 bits per heavy atom. The lowest BCUT2D eigenvalue weighted by Crippen LogP contribution is -2.17. The molecule has 0 fully saturated rings. The smallest absolute Gasteiger partial charge is 0.412 e. The summed E-state index contributed by atoms with van der Waals surface area (Å²) in [5.41, 5.74) is 1.08. The molecule has 24 heavy (non-hydrogen) atoms. The van der Waals surface area contributed by atoms with Gasteiger partial charge in [0.05, 0.1) is 11.8 Å². The standard InChI is InChI=1S/C18H19NO5/c1-12(2)24-16-14(17(20)21)9-6-10-15(16)19-18(22)23-11-13-7-4-3-5-8-13/h3-10,12H,11H2,1-2H3,(H,19,22)(H,20,21). The minimum Gasteiger partial charge on any atom is -0.488 e. The van der Waals surface area contributed by atoms with E-state index in [1.54, 1.807) is 19.9 Å². The summed E-state index contributed by atoms with van der Waals surface area (Å²) in [6.07, 6.45) is -0.929. The predicted octanol–water partition coefficient (Wildman–Crippen LogP) is 3.92. The van der Waals surface area contributed by atoms with Crippen molar-refractivity contribution < 1.29 is 24.2 Å². The highest BCUT2D eigenvalue weighted by Gasteiger charge is 2.18. The summed E-state index contributed by atoms with van der Waals surface area (Å²) < 4.78 is 10.7. The Labute approximate surface area is 140 Å². The molecule has 0 heterocycles. The van der Waals surface area contributed by atoms with Crippen LogP contribution in [0.2, 0.25) is 0 Å². The number of carboxylic acids is 1. The van der Waals surface area contributed by atoms with Crippen molar-refractivity contribution in [3.63, 3.8) is 0 Å². The number of benzene rings is 2. The Morgan fingerprint density at radius 2 is 1.79 bits per heavy atom. The van der Waals surface area contributed by atoms with E-state index in [2.05, 4.69) is 5.32 Å². The van der Waals surface area contributed by atoms with Crippen molar-refractivity contribution in [2.45, 2.75) is 26.6 Å². The van der Waals surface area contributed by atoms with Crippen LogP contribution in [-0.4, -0.2) is 23.3 Å². The molecule has 0 bridgehead atoms. The van der Waals surface area contributed by atoms with E-state index < -0.39 is 12.1 Å². The minimum absolute atomic E-state index is 0.0236. The second kappa shape index (κ2) is 8.01. The number of rotatable bonds is 6. The molecule has 126 valence electrons. The number of anilines is 1. The van der Waals surface area contributed by atoms with Crippen molar-refractivity contribution >= 4 is 17.7 Å². The minimum atomic E-state index is -1.13. The van der Waals surface area contributed by atoms with Gasteiger partial charge in [-0.2, -0.15) is 0 Å². The third-order valence-electron chi connectivity index (χ3n) is 3.05. The fraction of sp³-hybridized carbons (Fsp3) is 0.222. The SMILES string of the molecule is CC(C)Oc1c(NC(=O)OCc2ccccc2)cccc1C(=O)O. The van der Waals surface area contributed by atoms with Crippen LogP contribution in [0.1, 0.15) is 29.8 Å². The number of hydrogen-bond acceptors (Lipinski definition) is 4. The zero-order valence-corrected chi connectivity index (χ0v) is 13.5. The fourth-order valence-corrected chi connectivity index (χ4v) is 2.04. The molecule has 0 saturated heterocycles. The molecule has 2 rings (SSSR count). The summed E-state index contributed by atoms with van der Waals surface area (Å²) in [5.74, 6) is -1.02. The van der Waals surface area contributed by atoms with E-state index in [0.29, 0.717) is 0 Å². The Kier molecular flexibility index (Phi) is 5.78. The van der Waals surface area contributed by atoms with Gasteiger partial charge in [-0.05, 0) is 31.5 Å². The lowest BCUT2D eigenvalue weighted by Gasteiger charge is -2.17. The van der Waals surface area contributed by atoms with E-state index in [4.69, 9.17) is 9.47 Å². The van der Waals surface area contributed by atoms with E-state index in [-0.39, 0.29) is 29.7 Å². The van der Waals surface area contributed by atoms with E-state index in [0.717, 1.165) is 5.56 Å². The zero-order valence-electron chi connectivity index (χ0n) is 13.5. The molecular weight excluding hydrogens is 310 g/mol. The van der Waals surface area contributed by atoms with Crippen molar-refractivity contribution in [1.82, 2.24) is 0 Å². The van der Waals surface area contributed by atoms with Crippen LogP contribution in [0.4, 0.5) is 10.5 Å². The second-order valence-electron chi connectivity index (χ2n) is 5.34. The maximum Gasteiger partial charge on any atom is 0.412 e. The van der Waals surface area contributed by atoms with Crippen LogP contribution in [0.25, 0.3) is 0 Å². The molecule has 0 unspecified atom stereocenters. The molecule has 0 aliphatic carbocycles. The average Bonchev–Trinajstić information content (AvgIpc) is 2.55. The largest absolute Gasteiger partial charge is 0.488 e. The summed E-state index contributed by atoms with van der Waals surface area (Å²) in [6.45, 7) is 3.66. The van der Waals surface area contributed by atoms with Gasteiger partial charge >= 0.3 is 12.1 Å². The van der Waals surface area contributed by atoms with Gasteiger partial charge in [-0.3, -0.25) is 5.32 Å². The van der Waals surface area contributed by atoms with Crippen LogP contribution >= 0.6 is 0 Å². The van der Waals surface area contributed by atoms with Gasteiger partial charge in [-0.15, -0.1) is 0 Å². The topological polar surface area (TPSA) is 84.9 Å². The first-order chi connectivity index (χ1) is 11.5. The van der Waals surface area contributed by atoms with Crippen molar-refractivity contribution in [2.75, 3.05) is 5.32 Å². The molecule has 0 atom stereocenters. The first kappa shape index (κ1) is 17.3. The number of hydrogen-bond donors (Lipinski definition) is 2. The van der Waals surface area contributed by atoms with Crippen LogP contribution in [0, 0.1) is 0 Å². The Bertz CT molecular complexity index is 713. The Hall–Kier alpha value is -3.02. The van der Waals surface area contributed by atoms with Crippen LogP contribution in [0.5, 0.6) is 5.75 Å². The van der Waals surface area contributed by atoms with Crippen molar-refractivity contribution in [1.29, 1.82) is 0 Å². The Balaban J connectivity index is 2.11. The maximum absolute atomic E-state index is 12.0. The van der Waals surface area contributed by atoms with Gasteiger partial charge in [0.1, 0.15) is 12.2 Å². The normalized spacial score (nSPS) is 10.3. The van der Waals surface area contributed by atoms with Crippen LogP contribution < -0.4 is 10.1 Å². The first-order valence-electron chi connectivity index (χ1n) is 7.48. The maximum atomic E-state index is 12.0. The molecule has 0 aromatic heterocycles. The number of nitrogens with one attached hydrogen (secondary N) is 1. The van der Waals surface area contributed by atoms with Gasteiger partial charge in [-0.1, -0.05) is 36.4 Å². The second-order valence-corrected chi connectivity index (χ2v) is 5.34. The molecule has 6 nitrogen and oxygen atoms in total. The number of carboxylic acid groups (broad SMARTS) is 1. The molecule has 0 aliphatic rings. The van der Waals surface area contributed by atoms with Gasteiger partial charge in [0.2, 0.25) is 0 Å². The molecule has 0 radical (unpaired) electrons. The van der Waals surface area contributed by atoms with Gasteiger partial charge in [0.15, 0.2) is 5.75 Å². The number of amides is 1. The first-order valence-corrected chi connectivity index (χ1v) is 7.48. The highest BCUT2D eigenvalue weighted by molar-refractivity contribution is 5.96. The predicted molar refractivity (Wildman–Crippen MR) is 89.4 cm³/mol. The monoisotopic (exact) mass is 329 g/mol. The van der Waals surface area contributed by atoms with Crippen LogP contribution in [0.3, 0.4) is 0 Å². The lowest BCUT2D eigenvalue weighted by atomic mass is 10.1. The molecule has 0 aliphatic heterocycles. The van der Waals surface area contributed by atoms with E-state index in [9.17, 15) is 14.7 Å². The highest BCUT2D eigenvalue weighted by atomic mass is 16.5. The van der Waals surface area contributed by atoms with E-state index in [1.807, 2.05) is 30.3 Å². The number of ether oxygens (including phenoxy) is 2. The van der Waals surface area contributed by atoms with Crippen molar-refractivity contribution in [3.05, 3.63) is 59.7 Å². The van der Waals surface area contributed by atoms with Crippen LogP contribution in [-0.2, 0) is 11.3 Å². The van der Waals surface area contributed by atoms with Crippen LogP contribution in [0.15, 0.2) is 48.5 Å². The lowest BCUT2D eigenvalue weighted by molar-refractivity contribution is 0.0690. The number of para-hydroxylation sites is 1. The molecule has 6 heteroatoms. The highest BCUT2D eigenvalue weighted by Crippen LogP contribution is 2.30. The molecule has 0 saturated carbocycles. The fourth-order valence-electron chi connectivity index (χ4n) is 2.04. The molecular formula is C18H19NO5. The molecule has 2 aromatic carbocycles. The molecule has 2 aromatic rings. The van der Waals surface area contributed by atoms with E-state index >= 15 is 0 Å². The summed E-state index contributed by atoms with van der Waals surface area (Å²) in [6, 6.07) is 13.8. The van der Waals surface area contributed by atoms with E-state index in [1.165, 1.54) is 12.1 Å². The summed E-state index contributed by atoms with van der Waals surface area (Å²) in [7, 11) is 0. The number of aromatic carboxylic acids is 1.